The van der Waals surface area contributed by atoms with Crippen LogP contribution in [0, 0.1) is 0 Å². The molecule has 1 aromatic heterocycles. The molecule has 1 amide bonds. The zero-order valence-electron chi connectivity index (χ0n) is 16.1. The van der Waals surface area contributed by atoms with Crippen molar-refractivity contribution in [1.29, 1.82) is 0 Å². The quantitative estimate of drug-likeness (QED) is 0.491. The van der Waals surface area contributed by atoms with Crippen LogP contribution in [-0.2, 0) is 6.54 Å². The predicted molar refractivity (Wildman–Crippen MR) is 115 cm³/mol. The van der Waals surface area contributed by atoms with E-state index < -0.39 is 0 Å². The number of rotatable bonds is 6. The van der Waals surface area contributed by atoms with E-state index in [2.05, 4.69) is 15.5 Å². The summed E-state index contributed by atoms with van der Waals surface area (Å²) in [5.74, 6) is 1.29. The molecule has 0 atom stereocenters. The maximum atomic E-state index is 12.8. The third-order valence-corrected chi connectivity index (χ3v) is 5.28. The maximum absolute atomic E-state index is 12.8. The lowest BCUT2D eigenvalue weighted by molar-refractivity contribution is 0.0951. The summed E-state index contributed by atoms with van der Waals surface area (Å²) in [7, 11) is 1.63. The van der Waals surface area contributed by atoms with Crippen molar-refractivity contribution in [2.45, 2.75) is 11.7 Å². The van der Waals surface area contributed by atoms with Gasteiger partial charge in [-0.25, -0.2) is 0 Å². The third kappa shape index (κ3) is 3.82. The molecule has 0 saturated carbocycles. The fraction of sp³-hybridized carbons (Fsp3) is 0.136. The molecule has 3 aromatic carbocycles. The van der Waals surface area contributed by atoms with Gasteiger partial charge in [-0.15, -0.1) is 10.2 Å². The van der Waals surface area contributed by atoms with Crippen LogP contribution in [0.2, 0.25) is 0 Å². The van der Waals surface area contributed by atoms with Gasteiger partial charge in [0.25, 0.3) is 5.91 Å². The number of amides is 1. The number of ether oxygens (including phenoxy) is 1. The molecular weight excluding hydrogens is 384 g/mol. The topological polar surface area (TPSA) is 69.0 Å². The van der Waals surface area contributed by atoms with Crippen LogP contribution >= 0.6 is 11.8 Å². The second-order valence-corrected chi connectivity index (χ2v) is 7.12. The molecule has 7 heteroatoms. The highest BCUT2D eigenvalue weighted by Gasteiger charge is 2.16. The van der Waals surface area contributed by atoms with E-state index in [0.29, 0.717) is 11.4 Å². The molecule has 0 spiro atoms. The van der Waals surface area contributed by atoms with Crippen molar-refractivity contribution in [3.63, 3.8) is 0 Å². The molecule has 6 nitrogen and oxygen atoms in total. The molecule has 29 heavy (non-hydrogen) atoms. The van der Waals surface area contributed by atoms with Crippen LogP contribution in [0.15, 0.2) is 71.9 Å². The minimum absolute atomic E-state index is 0.142. The fourth-order valence-corrected chi connectivity index (χ4v) is 3.73. The Morgan fingerprint density at radius 1 is 1.03 bits per heavy atom. The number of aromatic nitrogens is 3. The van der Waals surface area contributed by atoms with Gasteiger partial charge < -0.3 is 10.1 Å². The monoisotopic (exact) mass is 404 g/mol. The molecule has 0 radical (unpaired) electrons. The Labute approximate surface area is 172 Å². The fourth-order valence-electron chi connectivity index (χ4n) is 3.22. The molecule has 1 heterocycles. The van der Waals surface area contributed by atoms with Crippen LogP contribution in [0.4, 0.5) is 0 Å². The number of benzene rings is 3. The van der Waals surface area contributed by atoms with E-state index in [9.17, 15) is 4.79 Å². The Balaban J connectivity index is 1.60. The number of nitrogens with zero attached hydrogens (tertiary/aromatic N) is 3. The molecular formula is C22H20N4O2S. The highest BCUT2D eigenvalue weighted by atomic mass is 32.2. The van der Waals surface area contributed by atoms with Gasteiger partial charge in [-0.3, -0.25) is 9.36 Å². The van der Waals surface area contributed by atoms with E-state index >= 15 is 0 Å². The van der Waals surface area contributed by atoms with Gasteiger partial charge in [-0.05, 0) is 47.4 Å². The summed E-state index contributed by atoms with van der Waals surface area (Å²) in [6.45, 7) is 0.266. The molecule has 0 aliphatic carbocycles. The standard InChI is InChI=1S/C22H20N4O2S/c1-28-17-12-10-16(11-13-17)26-20(24-25-22(26)29-2)14-23-21(27)19-9-5-7-15-6-3-4-8-18(15)19/h3-13H,14H2,1-2H3,(H,23,27). The Hall–Kier alpha value is -3.32. The number of carbonyl (C=O) groups is 1. The molecule has 0 aliphatic heterocycles. The van der Waals surface area contributed by atoms with Gasteiger partial charge in [-0.2, -0.15) is 0 Å². The SMILES string of the molecule is COc1ccc(-n2c(CNC(=O)c3cccc4ccccc34)nnc2SC)cc1. The lowest BCUT2D eigenvalue weighted by Crippen LogP contribution is -2.24. The Kier molecular flexibility index (Phi) is 5.48. The molecule has 0 bridgehead atoms. The minimum atomic E-state index is -0.142. The van der Waals surface area contributed by atoms with E-state index in [-0.39, 0.29) is 12.5 Å². The summed E-state index contributed by atoms with van der Waals surface area (Å²) in [5, 5.41) is 14.2. The number of methoxy groups -OCH3 is 1. The van der Waals surface area contributed by atoms with Gasteiger partial charge in [-0.1, -0.05) is 48.2 Å². The Morgan fingerprint density at radius 3 is 2.55 bits per heavy atom. The zero-order valence-corrected chi connectivity index (χ0v) is 16.9. The van der Waals surface area contributed by atoms with Crippen LogP contribution < -0.4 is 10.1 Å². The van der Waals surface area contributed by atoms with Crippen LogP contribution in [0.25, 0.3) is 16.5 Å². The van der Waals surface area contributed by atoms with E-state index in [1.54, 1.807) is 7.11 Å². The van der Waals surface area contributed by atoms with E-state index in [4.69, 9.17) is 4.74 Å². The van der Waals surface area contributed by atoms with Crippen molar-refractivity contribution in [3.8, 4) is 11.4 Å². The normalized spacial score (nSPS) is 10.8. The van der Waals surface area contributed by atoms with Gasteiger partial charge in [0.2, 0.25) is 0 Å². The summed E-state index contributed by atoms with van der Waals surface area (Å²) in [4.78, 5) is 12.8. The number of nitrogens with one attached hydrogen (secondary N) is 1. The van der Waals surface area contributed by atoms with Gasteiger partial charge in [0, 0.05) is 11.3 Å². The Morgan fingerprint density at radius 2 is 1.79 bits per heavy atom. The summed E-state index contributed by atoms with van der Waals surface area (Å²) in [5.41, 5.74) is 1.55. The van der Waals surface area contributed by atoms with Crippen molar-refractivity contribution < 1.29 is 9.53 Å². The molecule has 0 aliphatic rings. The first-order valence-electron chi connectivity index (χ1n) is 9.10. The first kappa shape index (κ1) is 19.0. The average Bonchev–Trinajstić information content (AvgIpc) is 3.20. The average molecular weight is 404 g/mol. The lowest BCUT2D eigenvalue weighted by Gasteiger charge is -2.11. The van der Waals surface area contributed by atoms with Gasteiger partial charge in [0.1, 0.15) is 5.75 Å². The van der Waals surface area contributed by atoms with Crippen molar-refractivity contribution >= 4 is 28.4 Å². The van der Waals surface area contributed by atoms with E-state index in [1.807, 2.05) is 77.6 Å². The molecule has 4 aromatic rings. The molecule has 146 valence electrons. The molecule has 4 rings (SSSR count). The maximum Gasteiger partial charge on any atom is 0.252 e. The largest absolute Gasteiger partial charge is 0.497 e. The minimum Gasteiger partial charge on any atom is -0.497 e. The Bertz CT molecular complexity index is 1150. The van der Waals surface area contributed by atoms with Crippen LogP contribution in [0.5, 0.6) is 5.75 Å². The van der Waals surface area contributed by atoms with Crippen LogP contribution in [-0.4, -0.2) is 34.0 Å². The number of hydrogen-bond donors (Lipinski definition) is 1. The van der Waals surface area contributed by atoms with Crippen LogP contribution in [0.1, 0.15) is 16.2 Å². The second kappa shape index (κ2) is 8.36. The number of thioether (sulfide) groups is 1. The van der Waals surface area contributed by atoms with Crippen molar-refractivity contribution in [2.75, 3.05) is 13.4 Å². The van der Waals surface area contributed by atoms with Gasteiger partial charge in [0.05, 0.1) is 13.7 Å². The first-order chi connectivity index (χ1) is 14.2. The highest BCUT2D eigenvalue weighted by Crippen LogP contribution is 2.23. The predicted octanol–water partition coefficient (Wildman–Crippen LogP) is 4.08. The summed E-state index contributed by atoms with van der Waals surface area (Å²) in [6.07, 6.45) is 1.95. The van der Waals surface area contributed by atoms with Crippen molar-refractivity contribution in [2.24, 2.45) is 0 Å². The number of carbonyl (C=O) groups excluding carboxylic acids is 1. The molecule has 1 N–H and O–H groups in total. The van der Waals surface area contributed by atoms with Crippen molar-refractivity contribution in [1.82, 2.24) is 20.1 Å². The number of hydrogen-bond acceptors (Lipinski definition) is 5. The smallest absolute Gasteiger partial charge is 0.252 e. The van der Waals surface area contributed by atoms with Gasteiger partial charge >= 0.3 is 0 Å². The third-order valence-electron chi connectivity index (χ3n) is 4.65. The molecule has 0 fully saturated rings. The molecule has 0 saturated heterocycles. The summed E-state index contributed by atoms with van der Waals surface area (Å²) >= 11 is 1.50. The van der Waals surface area contributed by atoms with Crippen molar-refractivity contribution in [3.05, 3.63) is 78.1 Å². The first-order valence-corrected chi connectivity index (χ1v) is 10.3. The second-order valence-electron chi connectivity index (χ2n) is 6.35. The number of fused-ring (bicyclic) bond motifs is 1. The van der Waals surface area contributed by atoms with Crippen LogP contribution in [0.3, 0.4) is 0 Å². The summed E-state index contributed by atoms with van der Waals surface area (Å²) in [6, 6.07) is 21.2. The van der Waals surface area contributed by atoms with Gasteiger partial charge in [0.15, 0.2) is 11.0 Å². The molecule has 0 unspecified atom stereocenters. The lowest BCUT2D eigenvalue weighted by atomic mass is 10.0. The summed E-state index contributed by atoms with van der Waals surface area (Å²) < 4.78 is 7.17. The highest BCUT2D eigenvalue weighted by molar-refractivity contribution is 7.98. The van der Waals surface area contributed by atoms with E-state index in [1.165, 1.54) is 11.8 Å². The van der Waals surface area contributed by atoms with E-state index in [0.717, 1.165) is 27.4 Å². The zero-order chi connectivity index (χ0) is 20.2.